The second kappa shape index (κ2) is 4.59. The van der Waals surface area contributed by atoms with Crippen molar-refractivity contribution in [2.75, 3.05) is 6.61 Å². The molecular formula is C13H16N2O2. The molecule has 2 aromatic rings. The lowest BCUT2D eigenvalue weighted by Crippen LogP contribution is -2.07. The minimum absolute atomic E-state index is 0.0290. The number of rotatable bonds is 3. The van der Waals surface area contributed by atoms with Crippen molar-refractivity contribution in [1.82, 2.24) is 10.2 Å². The van der Waals surface area contributed by atoms with Crippen LogP contribution in [0.3, 0.4) is 0 Å². The summed E-state index contributed by atoms with van der Waals surface area (Å²) in [5.74, 6) is 0. The van der Waals surface area contributed by atoms with Gasteiger partial charge in [-0.15, -0.1) is 0 Å². The SMILES string of the molecule is Cc1cc(C)cc(-c2[nH][nH]c(=O)c2CCO)c1. The Hall–Kier alpha value is -1.81. The second-order valence-electron chi connectivity index (χ2n) is 4.28. The third-order valence-electron chi connectivity index (χ3n) is 2.75. The highest BCUT2D eigenvalue weighted by Crippen LogP contribution is 2.22. The second-order valence-corrected chi connectivity index (χ2v) is 4.28. The molecule has 1 heterocycles. The van der Waals surface area contributed by atoms with E-state index in [1.165, 1.54) is 0 Å². The Labute approximate surface area is 99.3 Å². The van der Waals surface area contributed by atoms with Gasteiger partial charge < -0.3 is 5.11 Å². The fraction of sp³-hybridized carbons (Fsp3) is 0.308. The van der Waals surface area contributed by atoms with Crippen molar-refractivity contribution in [1.29, 1.82) is 0 Å². The molecule has 2 rings (SSSR count). The van der Waals surface area contributed by atoms with Crippen molar-refractivity contribution >= 4 is 0 Å². The largest absolute Gasteiger partial charge is 0.396 e. The summed E-state index contributed by atoms with van der Waals surface area (Å²) >= 11 is 0. The van der Waals surface area contributed by atoms with Gasteiger partial charge >= 0.3 is 0 Å². The van der Waals surface area contributed by atoms with Crippen LogP contribution in [-0.4, -0.2) is 21.9 Å². The number of hydrogen-bond acceptors (Lipinski definition) is 2. The summed E-state index contributed by atoms with van der Waals surface area (Å²) in [7, 11) is 0. The fourth-order valence-electron chi connectivity index (χ4n) is 2.10. The van der Waals surface area contributed by atoms with Gasteiger partial charge in [0.1, 0.15) is 0 Å². The highest BCUT2D eigenvalue weighted by molar-refractivity contribution is 5.64. The third-order valence-corrected chi connectivity index (χ3v) is 2.75. The number of aryl methyl sites for hydroxylation is 2. The molecule has 3 N–H and O–H groups in total. The normalized spacial score (nSPS) is 10.8. The zero-order valence-corrected chi connectivity index (χ0v) is 10.0. The summed E-state index contributed by atoms with van der Waals surface area (Å²) in [6, 6.07) is 6.12. The van der Waals surface area contributed by atoms with E-state index in [0.717, 1.165) is 22.4 Å². The van der Waals surface area contributed by atoms with Crippen LogP contribution in [0, 0.1) is 13.8 Å². The average Bonchev–Trinajstić information content (AvgIpc) is 2.60. The van der Waals surface area contributed by atoms with Crippen LogP contribution in [0.4, 0.5) is 0 Å². The molecule has 1 aromatic carbocycles. The van der Waals surface area contributed by atoms with E-state index in [9.17, 15) is 4.79 Å². The first-order valence-electron chi connectivity index (χ1n) is 5.61. The first kappa shape index (κ1) is 11.7. The van der Waals surface area contributed by atoms with Gasteiger partial charge in [-0.05, 0) is 26.0 Å². The van der Waals surface area contributed by atoms with Gasteiger partial charge in [0.15, 0.2) is 0 Å². The predicted molar refractivity (Wildman–Crippen MR) is 67.1 cm³/mol. The number of H-pyrrole nitrogens is 2. The molecule has 0 unspecified atom stereocenters. The number of aromatic amines is 2. The van der Waals surface area contributed by atoms with Gasteiger partial charge in [-0.25, -0.2) is 0 Å². The molecule has 0 aliphatic carbocycles. The molecule has 4 nitrogen and oxygen atoms in total. The standard InChI is InChI=1S/C13H16N2O2/c1-8-5-9(2)7-10(6-8)12-11(3-4-16)13(17)15-14-12/h5-7,16H,3-4H2,1-2H3,(H2,14,15,17). The number of aliphatic hydroxyl groups is 1. The number of hydrogen-bond donors (Lipinski definition) is 3. The van der Waals surface area contributed by atoms with Crippen molar-refractivity contribution in [3.8, 4) is 11.3 Å². The van der Waals surface area contributed by atoms with Gasteiger partial charge in [-0.1, -0.05) is 17.2 Å². The maximum Gasteiger partial charge on any atom is 0.267 e. The molecule has 0 saturated heterocycles. The molecule has 0 spiro atoms. The van der Waals surface area contributed by atoms with Gasteiger partial charge in [-0.2, -0.15) is 0 Å². The maximum atomic E-state index is 11.6. The number of aromatic nitrogens is 2. The Balaban J connectivity index is 2.56. The van der Waals surface area contributed by atoms with Gasteiger partial charge in [0.25, 0.3) is 5.56 Å². The van der Waals surface area contributed by atoms with Crippen LogP contribution >= 0.6 is 0 Å². The Kier molecular flexibility index (Phi) is 3.15. The Morgan fingerprint density at radius 1 is 1.12 bits per heavy atom. The minimum atomic E-state index is -0.159. The summed E-state index contributed by atoms with van der Waals surface area (Å²) in [6.45, 7) is 4.01. The Morgan fingerprint density at radius 2 is 1.76 bits per heavy atom. The van der Waals surface area contributed by atoms with Crippen LogP contribution < -0.4 is 5.56 Å². The lowest BCUT2D eigenvalue weighted by atomic mass is 10.0. The maximum absolute atomic E-state index is 11.6. The van der Waals surface area contributed by atoms with Gasteiger partial charge in [0, 0.05) is 24.2 Å². The molecule has 0 aliphatic heterocycles. The van der Waals surface area contributed by atoms with Gasteiger partial charge in [0.05, 0.1) is 5.69 Å². The molecule has 0 radical (unpaired) electrons. The topological polar surface area (TPSA) is 68.9 Å². The first-order chi connectivity index (χ1) is 8.11. The average molecular weight is 232 g/mol. The van der Waals surface area contributed by atoms with E-state index in [1.54, 1.807) is 0 Å². The van der Waals surface area contributed by atoms with E-state index in [4.69, 9.17) is 5.11 Å². The molecule has 4 heteroatoms. The lowest BCUT2D eigenvalue weighted by molar-refractivity contribution is 0.299. The number of benzene rings is 1. The summed E-state index contributed by atoms with van der Waals surface area (Å²) in [6.07, 6.45) is 0.362. The van der Waals surface area contributed by atoms with E-state index >= 15 is 0 Å². The van der Waals surface area contributed by atoms with Crippen molar-refractivity contribution in [2.24, 2.45) is 0 Å². The van der Waals surface area contributed by atoms with Crippen molar-refractivity contribution in [3.63, 3.8) is 0 Å². The summed E-state index contributed by atoms with van der Waals surface area (Å²) < 4.78 is 0. The molecule has 0 bridgehead atoms. The molecular weight excluding hydrogens is 216 g/mol. The molecule has 0 atom stereocenters. The van der Waals surface area contributed by atoms with Crippen molar-refractivity contribution in [2.45, 2.75) is 20.3 Å². The predicted octanol–water partition coefficient (Wildman–Crippen LogP) is 1.52. The fourth-order valence-corrected chi connectivity index (χ4v) is 2.10. The van der Waals surface area contributed by atoms with Crippen LogP contribution in [-0.2, 0) is 6.42 Å². The number of nitrogens with one attached hydrogen (secondary N) is 2. The zero-order valence-electron chi connectivity index (χ0n) is 10.0. The summed E-state index contributed by atoms with van der Waals surface area (Å²) in [4.78, 5) is 11.6. The monoisotopic (exact) mass is 232 g/mol. The van der Waals surface area contributed by atoms with E-state index in [1.807, 2.05) is 26.0 Å². The van der Waals surface area contributed by atoms with Gasteiger partial charge in [-0.3, -0.25) is 15.0 Å². The van der Waals surface area contributed by atoms with Crippen LogP contribution in [0.2, 0.25) is 0 Å². The molecule has 90 valence electrons. The Morgan fingerprint density at radius 3 is 2.35 bits per heavy atom. The molecule has 0 saturated carbocycles. The molecule has 17 heavy (non-hydrogen) atoms. The highest BCUT2D eigenvalue weighted by atomic mass is 16.3. The molecule has 0 aliphatic rings. The zero-order chi connectivity index (χ0) is 12.4. The van der Waals surface area contributed by atoms with Crippen LogP contribution in [0.1, 0.15) is 16.7 Å². The smallest absolute Gasteiger partial charge is 0.267 e. The lowest BCUT2D eigenvalue weighted by Gasteiger charge is -2.05. The van der Waals surface area contributed by atoms with E-state index < -0.39 is 0 Å². The third kappa shape index (κ3) is 2.31. The summed E-state index contributed by atoms with van der Waals surface area (Å²) in [5, 5.41) is 14.4. The van der Waals surface area contributed by atoms with Crippen LogP contribution in [0.25, 0.3) is 11.3 Å². The number of aliphatic hydroxyl groups excluding tert-OH is 1. The van der Waals surface area contributed by atoms with E-state index in [-0.39, 0.29) is 12.2 Å². The molecule has 0 fully saturated rings. The van der Waals surface area contributed by atoms with E-state index in [0.29, 0.717) is 12.0 Å². The van der Waals surface area contributed by atoms with E-state index in [2.05, 4.69) is 16.3 Å². The molecule has 0 amide bonds. The Bertz CT molecular complexity index is 561. The van der Waals surface area contributed by atoms with Crippen LogP contribution in [0.15, 0.2) is 23.0 Å². The quantitative estimate of drug-likeness (QED) is 0.751. The van der Waals surface area contributed by atoms with Gasteiger partial charge in [0.2, 0.25) is 0 Å². The first-order valence-corrected chi connectivity index (χ1v) is 5.61. The van der Waals surface area contributed by atoms with Crippen LogP contribution in [0.5, 0.6) is 0 Å². The minimum Gasteiger partial charge on any atom is -0.396 e. The highest BCUT2D eigenvalue weighted by Gasteiger charge is 2.11. The van der Waals surface area contributed by atoms with Crippen molar-refractivity contribution < 1.29 is 5.11 Å². The summed E-state index contributed by atoms with van der Waals surface area (Å²) in [5.41, 5.74) is 4.50. The molecule has 1 aromatic heterocycles. The van der Waals surface area contributed by atoms with Crippen molar-refractivity contribution in [3.05, 3.63) is 45.2 Å².